The molecule has 3 aromatic rings. The van der Waals surface area contributed by atoms with Gasteiger partial charge in [0.1, 0.15) is 17.9 Å². The summed E-state index contributed by atoms with van der Waals surface area (Å²) < 4.78 is 5.91. The van der Waals surface area contributed by atoms with E-state index in [1.165, 1.54) is 11.3 Å². The van der Waals surface area contributed by atoms with Crippen LogP contribution in [0.4, 0.5) is 11.5 Å². The minimum atomic E-state index is 0.559. The molecule has 0 atom stereocenters. The molecule has 28 heavy (non-hydrogen) atoms. The van der Waals surface area contributed by atoms with Gasteiger partial charge >= 0.3 is 0 Å². The fraction of sp³-hybridized carbons (Fsp3) is 0.273. The molecule has 6 heteroatoms. The van der Waals surface area contributed by atoms with Gasteiger partial charge in [-0.2, -0.15) is 0 Å². The zero-order valence-electron chi connectivity index (χ0n) is 16.1. The SMILES string of the molecule is Cc1cccc(Oc2cc(N3CCN(c4cc(Cl)ccc4C)CC3)ncn2)c1. The van der Waals surface area contributed by atoms with Crippen molar-refractivity contribution < 1.29 is 4.74 Å². The highest BCUT2D eigenvalue weighted by Gasteiger charge is 2.20. The van der Waals surface area contributed by atoms with Gasteiger partial charge in [0.25, 0.3) is 0 Å². The van der Waals surface area contributed by atoms with Crippen LogP contribution in [0.5, 0.6) is 11.6 Å². The van der Waals surface area contributed by atoms with E-state index < -0.39 is 0 Å². The molecule has 2 aromatic carbocycles. The first kappa shape index (κ1) is 18.6. The van der Waals surface area contributed by atoms with Gasteiger partial charge in [-0.15, -0.1) is 0 Å². The molecule has 0 unspecified atom stereocenters. The minimum Gasteiger partial charge on any atom is -0.439 e. The first-order valence-electron chi connectivity index (χ1n) is 9.41. The first-order valence-corrected chi connectivity index (χ1v) is 9.79. The lowest BCUT2D eigenvalue weighted by atomic mass is 10.1. The Bertz CT molecular complexity index is 970. The molecule has 5 nitrogen and oxygen atoms in total. The van der Waals surface area contributed by atoms with Crippen molar-refractivity contribution in [1.29, 1.82) is 0 Å². The molecule has 144 valence electrons. The molecule has 1 aromatic heterocycles. The van der Waals surface area contributed by atoms with E-state index in [0.29, 0.717) is 5.88 Å². The second-order valence-electron chi connectivity index (χ2n) is 7.04. The highest BCUT2D eigenvalue weighted by molar-refractivity contribution is 6.30. The Balaban J connectivity index is 1.44. The Kier molecular flexibility index (Phi) is 5.35. The molecule has 0 spiro atoms. The van der Waals surface area contributed by atoms with Crippen molar-refractivity contribution in [1.82, 2.24) is 9.97 Å². The van der Waals surface area contributed by atoms with Crippen LogP contribution in [0.15, 0.2) is 54.9 Å². The highest BCUT2D eigenvalue weighted by atomic mass is 35.5. The zero-order valence-corrected chi connectivity index (χ0v) is 16.9. The number of aryl methyl sites for hydroxylation is 2. The van der Waals surface area contributed by atoms with E-state index in [-0.39, 0.29) is 0 Å². The Morgan fingerprint density at radius 3 is 2.46 bits per heavy atom. The Hall–Kier alpha value is -2.79. The Morgan fingerprint density at radius 1 is 0.893 bits per heavy atom. The molecular formula is C22H23ClN4O. The maximum absolute atomic E-state index is 6.19. The molecule has 1 aliphatic rings. The van der Waals surface area contributed by atoms with Crippen molar-refractivity contribution in [3.63, 3.8) is 0 Å². The summed E-state index contributed by atoms with van der Waals surface area (Å²) in [6.45, 7) is 7.76. The van der Waals surface area contributed by atoms with Crippen molar-refractivity contribution in [3.8, 4) is 11.6 Å². The molecule has 0 bridgehead atoms. The molecule has 1 fully saturated rings. The number of aromatic nitrogens is 2. The van der Waals surface area contributed by atoms with Gasteiger partial charge in [0.2, 0.25) is 5.88 Å². The van der Waals surface area contributed by atoms with Crippen molar-refractivity contribution >= 4 is 23.1 Å². The lowest BCUT2D eigenvalue weighted by molar-refractivity contribution is 0.460. The average Bonchev–Trinajstić information content (AvgIpc) is 2.70. The van der Waals surface area contributed by atoms with Gasteiger partial charge in [0.05, 0.1) is 0 Å². The van der Waals surface area contributed by atoms with E-state index in [2.05, 4.69) is 32.8 Å². The topological polar surface area (TPSA) is 41.5 Å². The zero-order chi connectivity index (χ0) is 19.5. The second kappa shape index (κ2) is 8.07. The van der Waals surface area contributed by atoms with Gasteiger partial charge in [0, 0.05) is 43.0 Å². The van der Waals surface area contributed by atoms with Crippen LogP contribution < -0.4 is 14.5 Å². The number of hydrogen-bond acceptors (Lipinski definition) is 5. The summed E-state index contributed by atoms with van der Waals surface area (Å²) in [6.07, 6.45) is 1.56. The maximum Gasteiger partial charge on any atom is 0.224 e. The van der Waals surface area contributed by atoms with Gasteiger partial charge in [0.15, 0.2) is 0 Å². The Labute approximate surface area is 170 Å². The van der Waals surface area contributed by atoms with E-state index in [0.717, 1.165) is 48.3 Å². The highest BCUT2D eigenvalue weighted by Crippen LogP contribution is 2.27. The van der Waals surface area contributed by atoms with Crippen molar-refractivity contribution in [2.24, 2.45) is 0 Å². The lowest BCUT2D eigenvalue weighted by Crippen LogP contribution is -2.47. The van der Waals surface area contributed by atoms with E-state index >= 15 is 0 Å². The van der Waals surface area contributed by atoms with Crippen molar-refractivity contribution in [2.45, 2.75) is 13.8 Å². The van der Waals surface area contributed by atoms with Gasteiger partial charge in [-0.3, -0.25) is 0 Å². The van der Waals surface area contributed by atoms with Crippen LogP contribution in [0.3, 0.4) is 0 Å². The van der Waals surface area contributed by atoms with Gasteiger partial charge in [-0.1, -0.05) is 29.8 Å². The van der Waals surface area contributed by atoms with Crippen LogP contribution in [0.1, 0.15) is 11.1 Å². The average molecular weight is 395 g/mol. The number of rotatable bonds is 4. The van der Waals surface area contributed by atoms with Crippen LogP contribution in [0.2, 0.25) is 5.02 Å². The number of ether oxygens (including phenoxy) is 1. The molecule has 0 amide bonds. The molecule has 2 heterocycles. The third-order valence-corrected chi connectivity index (χ3v) is 5.19. The van der Waals surface area contributed by atoms with Crippen LogP contribution in [0, 0.1) is 13.8 Å². The number of anilines is 2. The summed E-state index contributed by atoms with van der Waals surface area (Å²) in [5, 5.41) is 0.775. The molecule has 0 saturated carbocycles. The standard InChI is InChI=1S/C22H23ClN4O/c1-16-4-3-5-19(12-16)28-22-14-21(24-15-25-22)27-10-8-26(9-11-27)20-13-18(23)7-6-17(20)2/h3-7,12-15H,8-11H2,1-2H3. The van der Waals surface area contributed by atoms with Crippen molar-refractivity contribution in [2.75, 3.05) is 36.0 Å². The monoisotopic (exact) mass is 394 g/mol. The van der Waals surface area contributed by atoms with Crippen LogP contribution in [-0.4, -0.2) is 36.1 Å². The third-order valence-electron chi connectivity index (χ3n) is 4.96. The molecule has 0 N–H and O–H groups in total. The molecule has 0 aliphatic carbocycles. The van der Waals surface area contributed by atoms with Crippen LogP contribution >= 0.6 is 11.6 Å². The molecule has 0 radical (unpaired) electrons. The Morgan fingerprint density at radius 2 is 1.68 bits per heavy atom. The van der Waals surface area contributed by atoms with Gasteiger partial charge in [-0.05, 0) is 49.2 Å². The van der Waals surface area contributed by atoms with Crippen molar-refractivity contribution in [3.05, 3.63) is 71.0 Å². The molecule has 4 rings (SSSR count). The number of piperazine rings is 1. The fourth-order valence-electron chi connectivity index (χ4n) is 3.46. The number of hydrogen-bond donors (Lipinski definition) is 0. The quantitative estimate of drug-likeness (QED) is 0.631. The summed E-state index contributed by atoms with van der Waals surface area (Å²) in [7, 11) is 0. The number of benzene rings is 2. The maximum atomic E-state index is 6.19. The van der Waals surface area contributed by atoms with Gasteiger partial charge < -0.3 is 14.5 Å². The van der Waals surface area contributed by atoms with E-state index in [4.69, 9.17) is 16.3 Å². The summed E-state index contributed by atoms with van der Waals surface area (Å²) in [5.74, 6) is 2.23. The summed E-state index contributed by atoms with van der Waals surface area (Å²) in [5.41, 5.74) is 3.60. The largest absolute Gasteiger partial charge is 0.439 e. The number of nitrogens with zero attached hydrogens (tertiary/aromatic N) is 4. The predicted octanol–water partition coefficient (Wildman–Crippen LogP) is 4.87. The molecule has 1 saturated heterocycles. The lowest BCUT2D eigenvalue weighted by Gasteiger charge is -2.37. The van der Waals surface area contributed by atoms with Crippen LogP contribution in [-0.2, 0) is 0 Å². The third kappa shape index (κ3) is 4.20. The normalized spacial score (nSPS) is 14.2. The first-order chi connectivity index (χ1) is 13.6. The molecule has 1 aliphatic heterocycles. The van der Waals surface area contributed by atoms with Gasteiger partial charge in [-0.25, -0.2) is 9.97 Å². The minimum absolute atomic E-state index is 0.559. The smallest absolute Gasteiger partial charge is 0.224 e. The summed E-state index contributed by atoms with van der Waals surface area (Å²) >= 11 is 6.19. The summed E-state index contributed by atoms with van der Waals surface area (Å²) in [6, 6.07) is 15.9. The number of halogens is 1. The summed E-state index contributed by atoms with van der Waals surface area (Å²) in [4.78, 5) is 13.3. The van der Waals surface area contributed by atoms with E-state index in [9.17, 15) is 0 Å². The second-order valence-corrected chi connectivity index (χ2v) is 7.47. The fourth-order valence-corrected chi connectivity index (χ4v) is 3.62. The van der Waals surface area contributed by atoms with Crippen LogP contribution in [0.25, 0.3) is 0 Å². The molecular weight excluding hydrogens is 372 g/mol. The predicted molar refractivity (Wildman–Crippen MR) is 114 cm³/mol. The van der Waals surface area contributed by atoms with E-state index in [1.54, 1.807) is 6.33 Å². The van der Waals surface area contributed by atoms with E-state index in [1.807, 2.05) is 49.4 Å².